The third kappa shape index (κ3) is 2.19. The SMILES string of the molecule is CNS(=O)(=O)N1CCC(C)(CO)C1. The van der Waals surface area contributed by atoms with Crippen molar-refractivity contribution in [2.24, 2.45) is 5.41 Å². The summed E-state index contributed by atoms with van der Waals surface area (Å²) < 4.78 is 26.3. The third-order valence-electron chi connectivity index (χ3n) is 2.50. The van der Waals surface area contributed by atoms with Crippen LogP contribution in [0.1, 0.15) is 13.3 Å². The zero-order chi connectivity index (χ0) is 10.1. The molecular weight excluding hydrogens is 192 g/mol. The van der Waals surface area contributed by atoms with E-state index < -0.39 is 10.2 Å². The van der Waals surface area contributed by atoms with E-state index in [2.05, 4.69) is 4.72 Å². The molecule has 1 heterocycles. The number of aliphatic hydroxyl groups is 1. The summed E-state index contributed by atoms with van der Waals surface area (Å²) in [7, 11) is -1.91. The molecule has 1 aliphatic heterocycles. The molecule has 0 aromatic carbocycles. The molecule has 13 heavy (non-hydrogen) atoms. The van der Waals surface area contributed by atoms with Gasteiger partial charge in [-0.3, -0.25) is 0 Å². The van der Waals surface area contributed by atoms with Gasteiger partial charge in [0.2, 0.25) is 0 Å². The van der Waals surface area contributed by atoms with E-state index in [1.54, 1.807) is 0 Å². The van der Waals surface area contributed by atoms with Gasteiger partial charge in [0.25, 0.3) is 10.2 Å². The molecule has 1 saturated heterocycles. The van der Waals surface area contributed by atoms with E-state index in [1.165, 1.54) is 11.4 Å². The van der Waals surface area contributed by atoms with Gasteiger partial charge in [0.15, 0.2) is 0 Å². The number of hydrogen-bond acceptors (Lipinski definition) is 3. The van der Waals surface area contributed by atoms with Crippen molar-refractivity contribution >= 4 is 10.2 Å². The van der Waals surface area contributed by atoms with Crippen molar-refractivity contribution in [3.05, 3.63) is 0 Å². The summed E-state index contributed by atoms with van der Waals surface area (Å²) in [5, 5.41) is 9.04. The van der Waals surface area contributed by atoms with Crippen molar-refractivity contribution in [1.29, 1.82) is 0 Å². The Kier molecular flexibility index (Phi) is 2.96. The van der Waals surface area contributed by atoms with Crippen LogP contribution in [0, 0.1) is 5.41 Å². The van der Waals surface area contributed by atoms with Crippen LogP contribution >= 0.6 is 0 Å². The summed E-state index contributed by atoms with van der Waals surface area (Å²) in [6, 6.07) is 0. The van der Waals surface area contributed by atoms with Crippen molar-refractivity contribution in [3.63, 3.8) is 0 Å². The largest absolute Gasteiger partial charge is 0.396 e. The lowest BCUT2D eigenvalue weighted by molar-refractivity contribution is 0.155. The molecule has 0 saturated carbocycles. The summed E-state index contributed by atoms with van der Waals surface area (Å²) in [6.45, 7) is 2.80. The Morgan fingerprint density at radius 3 is 2.62 bits per heavy atom. The van der Waals surface area contributed by atoms with Crippen LogP contribution in [0.4, 0.5) is 0 Å². The van der Waals surface area contributed by atoms with Gasteiger partial charge >= 0.3 is 0 Å². The fourth-order valence-corrected chi connectivity index (χ4v) is 2.51. The van der Waals surface area contributed by atoms with Gasteiger partial charge < -0.3 is 5.11 Å². The molecule has 1 rings (SSSR count). The summed E-state index contributed by atoms with van der Waals surface area (Å²) >= 11 is 0. The van der Waals surface area contributed by atoms with Crippen LogP contribution in [0.2, 0.25) is 0 Å². The van der Waals surface area contributed by atoms with E-state index in [0.717, 1.165) is 0 Å². The lowest BCUT2D eigenvalue weighted by Crippen LogP contribution is -2.39. The molecule has 0 aromatic rings. The maximum atomic E-state index is 11.3. The Morgan fingerprint density at radius 1 is 1.62 bits per heavy atom. The highest BCUT2D eigenvalue weighted by Crippen LogP contribution is 2.30. The predicted molar refractivity (Wildman–Crippen MR) is 49.4 cm³/mol. The first-order chi connectivity index (χ1) is 5.93. The second-order valence-corrected chi connectivity index (χ2v) is 5.64. The first-order valence-electron chi connectivity index (χ1n) is 4.23. The lowest BCUT2D eigenvalue weighted by atomic mass is 9.91. The van der Waals surface area contributed by atoms with Crippen LogP contribution < -0.4 is 4.72 Å². The van der Waals surface area contributed by atoms with Gasteiger partial charge in [0.1, 0.15) is 0 Å². The smallest absolute Gasteiger partial charge is 0.279 e. The molecule has 6 heteroatoms. The Hall–Kier alpha value is -0.170. The standard InChI is InChI=1S/C7H16N2O3S/c1-7(6-10)3-4-9(5-7)13(11,12)8-2/h8,10H,3-6H2,1-2H3. The fourth-order valence-electron chi connectivity index (χ4n) is 1.44. The van der Waals surface area contributed by atoms with Gasteiger partial charge in [0, 0.05) is 32.2 Å². The van der Waals surface area contributed by atoms with E-state index in [-0.39, 0.29) is 12.0 Å². The van der Waals surface area contributed by atoms with Crippen molar-refractivity contribution in [2.45, 2.75) is 13.3 Å². The number of aliphatic hydroxyl groups excluding tert-OH is 1. The van der Waals surface area contributed by atoms with Crippen LogP contribution in [0.15, 0.2) is 0 Å². The summed E-state index contributed by atoms with van der Waals surface area (Å²) in [4.78, 5) is 0. The molecule has 5 nitrogen and oxygen atoms in total. The molecule has 1 unspecified atom stereocenters. The third-order valence-corrected chi connectivity index (χ3v) is 4.01. The van der Waals surface area contributed by atoms with Gasteiger partial charge in [-0.2, -0.15) is 12.7 Å². The van der Waals surface area contributed by atoms with Gasteiger partial charge in [-0.15, -0.1) is 0 Å². The van der Waals surface area contributed by atoms with Gasteiger partial charge in [-0.1, -0.05) is 6.92 Å². The minimum atomic E-state index is -3.31. The minimum absolute atomic E-state index is 0.0305. The first kappa shape index (κ1) is 10.9. The highest BCUT2D eigenvalue weighted by atomic mass is 32.2. The lowest BCUT2D eigenvalue weighted by Gasteiger charge is -2.21. The van der Waals surface area contributed by atoms with E-state index in [9.17, 15) is 8.42 Å². The van der Waals surface area contributed by atoms with E-state index in [4.69, 9.17) is 5.11 Å². The Bertz CT molecular complexity index is 277. The van der Waals surface area contributed by atoms with Crippen LogP contribution in [0.25, 0.3) is 0 Å². The van der Waals surface area contributed by atoms with Crippen molar-refractivity contribution in [1.82, 2.24) is 9.03 Å². The van der Waals surface area contributed by atoms with E-state index in [0.29, 0.717) is 19.5 Å². The molecule has 0 radical (unpaired) electrons. The van der Waals surface area contributed by atoms with Crippen LogP contribution in [-0.2, 0) is 10.2 Å². The second-order valence-electron chi connectivity index (χ2n) is 3.76. The molecular formula is C7H16N2O3S. The number of hydrogen-bond donors (Lipinski definition) is 2. The highest BCUT2D eigenvalue weighted by molar-refractivity contribution is 7.87. The molecule has 0 amide bonds. The predicted octanol–water partition coefficient (Wildman–Crippen LogP) is -0.845. The number of rotatable bonds is 3. The molecule has 1 fully saturated rings. The average molecular weight is 208 g/mol. The number of nitrogens with zero attached hydrogens (tertiary/aromatic N) is 1. The van der Waals surface area contributed by atoms with Gasteiger partial charge in [-0.25, -0.2) is 4.72 Å². The Morgan fingerprint density at radius 2 is 2.23 bits per heavy atom. The zero-order valence-corrected chi connectivity index (χ0v) is 8.76. The first-order valence-corrected chi connectivity index (χ1v) is 5.67. The maximum absolute atomic E-state index is 11.3. The topological polar surface area (TPSA) is 69.6 Å². The fraction of sp³-hybridized carbons (Fsp3) is 1.00. The van der Waals surface area contributed by atoms with Crippen molar-refractivity contribution in [2.75, 3.05) is 26.7 Å². The normalized spacial score (nSPS) is 31.0. The number of nitrogens with one attached hydrogen (secondary N) is 1. The molecule has 0 spiro atoms. The molecule has 1 atom stereocenters. The highest BCUT2D eigenvalue weighted by Gasteiger charge is 2.38. The molecule has 0 bridgehead atoms. The van der Waals surface area contributed by atoms with Gasteiger partial charge in [0.05, 0.1) is 0 Å². The molecule has 78 valence electrons. The van der Waals surface area contributed by atoms with Crippen LogP contribution in [-0.4, -0.2) is 44.6 Å². The molecule has 0 aliphatic carbocycles. The molecule has 1 aliphatic rings. The zero-order valence-electron chi connectivity index (χ0n) is 7.95. The maximum Gasteiger partial charge on any atom is 0.279 e. The minimum Gasteiger partial charge on any atom is -0.396 e. The second kappa shape index (κ2) is 3.53. The average Bonchev–Trinajstić information content (AvgIpc) is 2.50. The Labute approximate surface area is 78.9 Å². The molecule has 2 N–H and O–H groups in total. The summed E-state index contributed by atoms with van der Waals surface area (Å²) in [5.41, 5.74) is -0.274. The van der Waals surface area contributed by atoms with Crippen LogP contribution in [0.5, 0.6) is 0 Å². The van der Waals surface area contributed by atoms with E-state index >= 15 is 0 Å². The monoisotopic (exact) mass is 208 g/mol. The van der Waals surface area contributed by atoms with Crippen molar-refractivity contribution in [3.8, 4) is 0 Å². The molecule has 0 aromatic heterocycles. The Balaban J connectivity index is 2.71. The van der Waals surface area contributed by atoms with Crippen LogP contribution in [0.3, 0.4) is 0 Å². The summed E-state index contributed by atoms with van der Waals surface area (Å²) in [6.07, 6.45) is 0.713. The van der Waals surface area contributed by atoms with E-state index in [1.807, 2.05) is 6.92 Å². The van der Waals surface area contributed by atoms with Crippen molar-refractivity contribution < 1.29 is 13.5 Å². The van der Waals surface area contributed by atoms with Gasteiger partial charge in [-0.05, 0) is 6.42 Å². The quantitative estimate of drug-likeness (QED) is 0.635. The summed E-state index contributed by atoms with van der Waals surface area (Å²) in [5.74, 6) is 0.